The molecule has 1 aromatic rings. The molecule has 1 saturated heterocycles. The maximum Gasteiger partial charge on any atom is 0.226 e. The van der Waals surface area contributed by atoms with Crippen LogP contribution in [0.3, 0.4) is 0 Å². The summed E-state index contributed by atoms with van der Waals surface area (Å²) in [6, 6.07) is 7.85. The molecule has 0 bridgehead atoms. The molecule has 1 aliphatic heterocycles. The predicted octanol–water partition coefficient (Wildman–Crippen LogP) is 2.00. The van der Waals surface area contributed by atoms with E-state index in [0.29, 0.717) is 13.0 Å². The second kappa shape index (κ2) is 7.69. The van der Waals surface area contributed by atoms with Gasteiger partial charge in [0.25, 0.3) is 0 Å². The Bertz CT molecular complexity index is 579. The number of nitrogens with one attached hydrogen (secondary N) is 1. The maximum atomic E-state index is 12.4. The van der Waals surface area contributed by atoms with Gasteiger partial charge in [-0.05, 0) is 49.8 Å². The van der Waals surface area contributed by atoms with Gasteiger partial charge in [-0.1, -0.05) is 12.1 Å². The first-order chi connectivity index (χ1) is 11.7. The third-order valence-electron chi connectivity index (χ3n) is 4.98. The zero-order valence-corrected chi connectivity index (χ0v) is 14.3. The van der Waals surface area contributed by atoms with Crippen molar-refractivity contribution in [3.05, 3.63) is 29.8 Å². The smallest absolute Gasteiger partial charge is 0.226 e. The molecular weight excluding hydrogens is 304 g/mol. The zero-order valence-electron chi connectivity index (χ0n) is 14.3. The molecule has 3 rings (SSSR count). The first-order valence-electron chi connectivity index (χ1n) is 8.88. The monoisotopic (exact) mass is 330 g/mol. The van der Waals surface area contributed by atoms with E-state index in [1.54, 1.807) is 7.11 Å². The molecule has 1 aliphatic carbocycles. The fourth-order valence-corrected chi connectivity index (χ4v) is 3.36. The lowest BCUT2D eigenvalue weighted by molar-refractivity contribution is -0.135. The summed E-state index contributed by atoms with van der Waals surface area (Å²) >= 11 is 0. The highest BCUT2D eigenvalue weighted by Gasteiger charge is 2.49. The highest BCUT2D eigenvalue weighted by Crippen LogP contribution is 2.40. The second-order valence-electron chi connectivity index (χ2n) is 6.72. The number of likely N-dealkylation sites (tertiary alicyclic amines) is 1. The van der Waals surface area contributed by atoms with Gasteiger partial charge in [0, 0.05) is 19.6 Å². The number of ether oxygens (including phenoxy) is 1. The number of carbonyl (C=O) groups excluding carboxylic acids is 2. The third kappa shape index (κ3) is 4.08. The standard InChI is InChI=1S/C19H26N2O3/c1-24-15-7-5-14(6-8-15)9-10-20-18(22)16-13-17(16)19(23)21-11-3-2-4-12-21/h5-8,16-17H,2-4,9-13H2,1H3,(H,20,22). The largest absolute Gasteiger partial charge is 0.497 e. The van der Waals surface area contributed by atoms with Crippen molar-refractivity contribution in [2.45, 2.75) is 32.1 Å². The van der Waals surface area contributed by atoms with Gasteiger partial charge in [0.15, 0.2) is 0 Å². The van der Waals surface area contributed by atoms with E-state index in [-0.39, 0.29) is 23.7 Å². The number of methoxy groups -OCH3 is 1. The molecule has 1 heterocycles. The highest BCUT2D eigenvalue weighted by atomic mass is 16.5. The molecule has 2 unspecified atom stereocenters. The third-order valence-corrected chi connectivity index (χ3v) is 4.98. The number of benzene rings is 1. The molecule has 130 valence electrons. The van der Waals surface area contributed by atoms with E-state index in [0.717, 1.165) is 43.7 Å². The van der Waals surface area contributed by atoms with E-state index >= 15 is 0 Å². The number of carbonyl (C=O) groups is 2. The summed E-state index contributed by atoms with van der Waals surface area (Å²) in [5.41, 5.74) is 1.16. The van der Waals surface area contributed by atoms with Crippen LogP contribution in [0.25, 0.3) is 0 Å². The number of nitrogens with zero attached hydrogens (tertiary/aromatic N) is 1. The van der Waals surface area contributed by atoms with Crippen LogP contribution in [0.15, 0.2) is 24.3 Å². The van der Waals surface area contributed by atoms with Crippen LogP contribution >= 0.6 is 0 Å². The van der Waals surface area contributed by atoms with Crippen molar-refractivity contribution in [2.75, 3.05) is 26.7 Å². The fraction of sp³-hybridized carbons (Fsp3) is 0.579. The summed E-state index contributed by atoms with van der Waals surface area (Å²) in [6.45, 7) is 2.33. The van der Waals surface area contributed by atoms with Gasteiger partial charge in [-0.2, -0.15) is 0 Å². The highest BCUT2D eigenvalue weighted by molar-refractivity contribution is 5.92. The lowest BCUT2D eigenvalue weighted by Gasteiger charge is -2.26. The van der Waals surface area contributed by atoms with Gasteiger partial charge >= 0.3 is 0 Å². The Kier molecular flexibility index (Phi) is 5.38. The topological polar surface area (TPSA) is 58.6 Å². The molecule has 2 atom stereocenters. The van der Waals surface area contributed by atoms with Crippen LogP contribution in [0.4, 0.5) is 0 Å². The maximum absolute atomic E-state index is 12.4. The molecule has 5 nitrogen and oxygen atoms in total. The molecule has 0 spiro atoms. The minimum absolute atomic E-state index is 0.0267. The number of hydrogen-bond donors (Lipinski definition) is 1. The summed E-state index contributed by atoms with van der Waals surface area (Å²) < 4.78 is 5.13. The number of piperidine rings is 1. The van der Waals surface area contributed by atoms with Crippen molar-refractivity contribution in [3.63, 3.8) is 0 Å². The van der Waals surface area contributed by atoms with Gasteiger partial charge in [-0.15, -0.1) is 0 Å². The van der Waals surface area contributed by atoms with E-state index in [2.05, 4.69) is 5.32 Å². The molecule has 2 amide bonds. The van der Waals surface area contributed by atoms with Gasteiger partial charge in [-0.3, -0.25) is 9.59 Å². The quantitative estimate of drug-likeness (QED) is 0.868. The van der Waals surface area contributed by atoms with Crippen LogP contribution in [0.2, 0.25) is 0 Å². The van der Waals surface area contributed by atoms with Crippen LogP contribution in [-0.2, 0) is 16.0 Å². The zero-order chi connectivity index (χ0) is 16.9. The lowest BCUT2D eigenvalue weighted by Crippen LogP contribution is -2.38. The Balaban J connectivity index is 1.39. The van der Waals surface area contributed by atoms with Gasteiger partial charge in [-0.25, -0.2) is 0 Å². The van der Waals surface area contributed by atoms with Crippen molar-refractivity contribution in [1.82, 2.24) is 10.2 Å². The Morgan fingerprint density at radius 2 is 1.83 bits per heavy atom. The second-order valence-corrected chi connectivity index (χ2v) is 6.72. The summed E-state index contributed by atoms with van der Waals surface area (Å²) in [7, 11) is 1.65. The van der Waals surface area contributed by atoms with Crippen LogP contribution < -0.4 is 10.1 Å². The average molecular weight is 330 g/mol. The molecule has 1 N–H and O–H groups in total. The fourth-order valence-electron chi connectivity index (χ4n) is 3.36. The Morgan fingerprint density at radius 3 is 2.50 bits per heavy atom. The summed E-state index contributed by atoms with van der Waals surface area (Å²) in [6.07, 6.45) is 4.90. The lowest BCUT2D eigenvalue weighted by atomic mass is 10.1. The SMILES string of the molecule is COc1ccc(CCNC(=O)C2CC2C(=O)N2CCCCC2)cc1. The number of amides is 2. The summed E-state index contributed by atoms with van der Waals surface area (Å²) in [4.78, 5) is 26.5. The molecular formula is C19H26N2O3. The molecule has 0 aromatic heterocycles. The summed E-state index contributed by atoms with van der Waals surface area (Å²) in [5.74, 6) is 0.850. The molecule has 1 saturated carbocycles. The van der Waals surface area contributed by atoms with E-state index < -0.39 is 0 Å². The van der Waals surface area contributed by atoms with Gasteiger partial charge in [0.1, 0.15) is 5.75 Å². The first-order valence-corrected chi connectivity index (χ1v) is 8.88. The number of rotatable bonds is 6. The Labute approximate surface area is 143 Å². The molecule has 1 aromatic carbocycles. The van der Waals surface area contributed by atoms with Crippen molar-refractivity contribution in [1.29, 1.82) is 0 Å². The van der Waals surface area contributed by atoms with Crippen molar-refractivity contribution in [3.8, 4) is 5.75 Å². The van der Waals surface area contributed by atoms with E-state index in [4.69, 9.17) is 4.74 Å². The van der Waals surface area contributed by atoms with E-state index in [1.165, 1.54) is 6.42 Å². The van der Waals surface area contributed by atoms with Gasteiger partial charge < -0.3 is 15.0 Å². The predicted molar refractivity (Wildman–Crippen MR) is 91.7 cm³/mol. The first kappa shape index (κ1) is 16.8. The number of hydrogen-bond acceptors (Lipinski definition) is 3. The average Bonchev–Trinajstić information content (AvgIpc) is 3.43. The van der Waals surface area contributed by atoms with Crippen molar-refractivity contribution < 1.29 is 14.3 Å². The Hall–Kier alpha value is -2.04. The molecule has 24 heavy (non-hydrogen) atoms. The minimum atomic E-state index is -0.115. The van der Waals surface area contributed by atoms with Crippen LogP contribution in [-0.4, -0.2) is 43.5 Å². The van der Waals surface area contributed by atoms with Crippen LogP contribution in [0.5, 0.6) is 5.75 Å². The van der Waals surface area contributed by atoms with Gasteiger partial charge in [0.05, 0.1) is 18.9 Å². The molecule has 2 fully saturated rings. The van der Waals surface area contributed by atoms with Crippen molar-refractivity contribution in [2.24, 2.45) is 11.8 Å². The Morgan fingerprint density at radius 1 is 1.12 bits per heavy atom. The summed E-state index contributed by atoms with van der Waals surface area (Å²) in [5, 5.41) is 2.97. The van der Waals surface area contributed by atoms with Crippen molar-refractivity contribution >= 4 is 11.8 Å². The van der Waals surface area contributed by atoms with E-state index in [1.807, 2.05) is 29.2 Å². The molecule has 2 aliphatic rings. The molecule has 5 heteroatoms. The normalized spacial score (nSPS) is 22.8. The van der Waals surface area contributed by atoms with Crippen LogP contribution in [0, 0.1) is 11.8 Å². The minimum Gasteiger partial charge on any atom is -0.497 e. The van der Waals surface area contributed by atoms with Crippen LogP contribution in [0.1, 0.15) is 31.2 Å². The van der Waals surface area contributed by atoms with Gasteiger partial charge in [0.2, 0.25) is 11.8 Å². The van der Waals surface area contributed by atoms with E-state index in [9.17, 15) is 9.59 Å². The molecule has 0 radical (unpaired) electrons.